The van der Waals surface area contributed by atoms with Gasteiger partial charge >= 0.3 is 0 Å². The standard InChI is InChI=1S/C26H24ClN3OS/c1-17-4-9-24-22(15-17)23(16-29-24)18-10-13-30(14-11-18)26(31)21-3-2-12-28-25(21)32-20-7-5-19(27)6-8-20/h2-9,12,15-16,18,29H,10-11,13-14H2,1H3. The maximum Gasteiger partial charge on any atom is 0.256 e. The fourth-order valence-corrected chi connectivity index (χ4v) is 5.41. The zero-order valence-electron chi connectivity index (χ0n) is 17.8. The van der Waals surface area contributed by atoms with Crippen LogP contribution in [0, 0.1) is 6.92 Å². The van der Waals surface area contributed by atoms with Gasteiger partial charge in [-0.2, -0.15) is 0 Å². The lowest BCUT2D eigenvalue weighted by atomic mass is 9.88. The average molecular weight is 462 g/mol. The van der Waals surface area contributed by atoms with E-state index < -0.39 is 0 Å². The Balaban J connectivity index is 1.30. The van der Waals surface area contributed by atoms with Crippen molar-refractivity contribution in [3.8, 4) is 0 Å². The van der Waals surface area contributed by atoms with Gasteiger partial charge in [-0.3, -0.25) is 4.79 Å². The molecular formula is C26H24ClN3OS. The van der Waals surface area contributed by atoms with Gasteiger partial charge in [-0.05, 0) is 79.8 Å². The second-order valence-corrected chi connectivity index (χ2v) is 9.77. The molecule has 3 heterocycles. The van der Waals surface area contributed by atoms with Crippen LogP contribution < -0.4 is 0 Å². The Labute approximate surface area is 197 Å². The lowest BCUT2D eigenvalue weighted by Gasteiger charge is -2.32. The van der Waals surface area contributed by atoms with E-state index in [1.54, 1.807) is 6.20 Å². The quantitative estimate of drug-likeness (QED) is 0.368. The third kappa shape index (κ3) is 4.27. The first kappa shape index (κ1) is 21.1. The van der Waals surface area contributed by atoms with Crippen molar-refractivity contribution in [2.75, 3.05) is 13.1 Å². The maximum atomic E-state index is 13.4. The summed E-state index contributed by atoms with van der Waals surface area (Å²) in [6.07, 6.45) is 5.81. The molecule has 6 heteroatoms. The van der Waals surface area contributed by atoms with E-state index >= 15 is 0 Å². The van der Waals surface area contributed by atoms with Crippen LogP contribution in [0.5, 0.6) is 0 Å². The van der Waals surface area contributed by atoms with Gasteiger partial charge < -0.3 is 9.88 Å². The molecule has 1 saturated heterocycles. The van der Waals surface area contributed by atoms with E-state index in [0.29, 0.717) is 16.5 Å². The molecule has 1 N–H and O–H groups in total. The van der Waals surface area contributed by atoms with E-state index in [4.69, 9.17) is 11.6 Å². The Bertz CT molecular complexity index is 1260. The smallest absolute Gasteiger partial charge is 0.256 e. The summed E-state index contributed by atoms with van der Waals surface area (Å²) in [5.74, 6) is 0.522. The van der Waals surface area contributed by atoms with Gasteiger partial charge in [-0.25, -0.2) is 4.98 Å². The largest absolute Gasteiger partial charge is 0.361 e. The number of pyridine rings is 1. The van der Waals surface area contributed by atoms with Crippen LogP contribution in [0.1, 0.15) is 40.2 Å². The van der Waals surface area contributed by atoms with E-state index in [9.17, 15) is 4.79 Å². The number of likely N-dealkylation sites (tertiary alicyclic amines) is 1. The predicted molar refractivity (Wildman–Crippen MR) is 131 cm³/mol. The van der Waals surface area contributed by atoms with E-state index in [1.807, 2.05) is 41.3 Å². The van der Waals surface area contributed by atoms with Crippen LogP contribution in [0.25, 0.3) is 10.9 Å². The summed E-state index contributed by atoms with van der Waals surface area (Å²) in [5, 5.41) is 2.73. The van der Waals surface area contributed by atoms with Crippen LogP contribution >= 0.6 is 23.4 Å². The molecule has 5 rings (SSSR count). The normalized spacial score (nSPS) is 14.8. The summed E-state index contributed by atoms with van der Waals surface area (Å²) in [7, 11) is 0. The minimum atomic E-state index is 0.0581. The number of amides is 1. The lowest BCUT2D eigenvalue weighted by molar-refractivity contribution is 0.0709. The van der Waals surface area contributed by atoms with Gasteiger partial charge in [0.1, 0.15) is 5.03 Å². The number of hydrogen-bond donors (Lipinski definition) is 1. The number of aromatic amines is 1. The zero-order valence-corrected chi connectivity index (χ0v) is 19.4. The van der Waals surface area contributed by atoms with Gasteiger partial charge in [0.15, 0.2) is 0 Å². The molecule has 1 amide bonds. The number of H-pyrrole nitrogens is 1. The van der Waals surface area contributed by atoms with Gasteiger partial charge in [0.25, 0.3) is 5.91 Å². The van der Waals surface area contributed by atoms with Crippen LogP contribution in [-0.4, -0.2) is 33.9 Å². The van der Waals surface area contributed by atoms with Crippen molar-refractivity contribution < 1.29 is 4.79 Å². The Hall–Kier alpha value is -2.76. The number of carbonyl (C=O) groups excluding carboxylic acids is 1. The first-order chi connectivity index (χ1) is 15.6. The first-order valence-electron chi connectivity index (χ1n) is 10.8. The van der Waals surface area contributed by atoms with Crippen LogP contribution in [0.15, 0.2) is 76.9 Å². The molecule has 0 saturated carbocycles. The highest BCUT2D eigenvalue weighted by molar-refractivity contribution is 7.99. The SMILES string of the molecule is Cc1ccc2[nH]cc(C3CCN(C(=O)c4cccnc4Sc4ccc(Cl)cc4)CC3)c2c1. The number of piperidine rings is 1. The van der Waals surface area contributed by atoms with Crippen molar-refractivity contribution in [2.24, 2.45) is 0 Å². The molecule has 162 valence electrons. The minimum Gasteiger partial charge on any atom is -0.361 e. The molecule has 4 nitrogen and oxygen atoms in total. The Morgan fingerprint density at radius 1 is 1.12 bits per heavy atom. The number of nitrogens with one attached hydrogen (secondary N) is 1. The van der Waals surface area contributed by atoms with Crippen molar-refractivity contribution in [3.05, 3.63) is 88.7 Å². The number of nitrogens with zero attached hydrogens (tertiary/aromatic N) is 2. The van der Waals surface area contributed by atoms with Crippen molar-refractivity contribution in [1.82, 2.24) is 14.9 Å². The Kier molecular flexibility index (Phi) is 5.94. The Morgan fingerprint density at radius 2 is 1.91 bits per heavy atom. The average Bonchev–Trinajstić information content (AvgIpc) is 3.23. The molecule has 0 bridgehead atoms. The van der Waals surface area contributed by atoms with Crippen molar-refractivity contribution in [3.63, 3.8) is 0 Å². The third-order valence-electron chi connectivity index (χ3n) is 6.12. The Morgan fingerprint density at radius 3 is 2.69 bits per heavy atom. The maximum absolute atomic E-state index is 13.4. The molecule has 32 heavy (non-hydrogen) atoms. The molecule has 1 fully saturated rings. The van der Waals surface area contributed by atoms with Gasteiger partial charge in [0.2, 0.25) is 0 Å². The van der Waals surface area contributed by atoms with Crippen LogP contribution in [-0.2, 0) is 0 Å². The number of hydrogen-bond acceptors (Lipinski definition) is 3. The number of halogens is 1. The zero-order chi connectivity index (χ0) is 22.1. The number of aryl methyl sites for hydroxylation is 1. The van der Waals surface area contributed by atoms with Gasteiger partial charge in [0.05, 0.1) is 5.56 Å². The summed E-state index contributed by atoms with van der Waals surface area (Å²) < 4.78 is 0. The fourth-order valence-electron chi connectivity index (χ4n) is 4.41. The lowest BCUT2D eigenvalue weighted by Crippen LogP contribution is -2.38. The van der Waals surface area contributed by atoms with Gasteiger partial charge in [-0.15, -0.1) is 0 Å². The molecule has 0 unspecified atom stereocenters. The molecule has 2 aromatic heterocycles. The number of benzene rings is 2. The van der Waals surface area contributed by atoms with E-state index in [-0.39, 0.29) is 5.91 Å². The monoisotopic (exact) mass is 461 g/mol. The number of carbonyl (C=O) groups is 1. The van der Waals surface area contributed by atoms with Crippen LogP contribution in [0.3, 0.4) is 0 Å². The van der Waals surface area contributed by atoms with Gasteiger partial charge in [0, 0.05) is 46.3 Å². The number of rotatable bonds is 4. The third-order valence-corrected chi connectivity index (χ3v) is 7.40. The molecule has 0 atom stereocenters. The number of fused-ring (bicyclic) bond motifs is 1. The molecule has 0 spiro atoms. The molecule has 0 aliphatic carbocycles. The molecule has 4 aromatic rings. The first-order valence-corrected chi connectivity index (χ1v) is 12.0. The highest BCUT2D eigenvalue weighted by Gasteiger charge is 2.27. The minimum absolute atomic E-state index is 0.0581. The second-order valence-electron chi connectivity index (χ2n) is 8.27. The van der Waals surface area contributed by atoms with E-state index in [1.165, 1.54) is 33.8 Å². The van der Waals surface area contributed by atoms with Crippen molar-refractivity contribution in [2.45, 2.75) is 35.6 Å². The van der Waals surface area contributed by atoms with Gasteiger partial charge in [-0.1, -0.05) is 35.0 Å². The summed E-state index contributed by atoms with van der Waals surface area (Å²) in [4.78, 5) is 24.2. The highest BCUT2D eigenvalue weighted by Crippen LogP contribution is 2.35. The molecule has 1 aliphatic heterocycles. The predicted octanol–water partition coefficient (Wildman–Crippen LogP) is 6.70. The molecule has 0 radical (unpaired) electrons. The van der Waals surface area contributed by atoms with Crippen LogP contribution in [0.2, 0.25) is 5.02 Å². The van der Waals surface area contributed by atoms with Crippen molar-refractivity contribution in [1.29, 1.82) is 0 Å². The summed E-state index contributed by atoms with van der Waals surface area (Å²) in [6, 6.07) is 17.9. The fraction of sp³-hybridized carbons (Fsp3) is 0.231. The summed E-state index contributed by atoms with van der Waals surface area (Å²) in [6.45, 7) is 3.63. The summed E-state index contributed by atoms with van der Waals surface area (Å²) >= 11 is 7.49. The van der Waals surface area contributed by atoms with E-state index in [2.05, 4.69) is 41.3 Å². The molecule has 1 aliphatic rings. The summed E-state index contributed by atoms with van der Waals surface area (Å²) in [5.41, 5.74) is 4.49. The molecular weight excluding hydrogens is 438 g/mol. The highest BCUT2D eigenvalue weighted by atomic mass is 35.5. The molecule has 2 aromatic carbocycles. The van der Waals surface area contributed by atoms with Crippen molar-refractivity contribution >= 4 is 40.2 Å². The second kappa shape index (κ2) is 9.00. The topological polar surface area (TPSA) is 49.0 Å². The van der Waals surface area contributed by atoms with E-state index in [0.717, 1.165) is 35.9 Å². The number of aromatic nitrogens is 2. The van der Waals surface area contributed by atoms with Crippen LogP contribution in [0.4, 0.5) is 0 Å².